The van der Waals surface area contributed by atoms with Gasteiger partial charge >= 0.3 is 11.1 Å². The van der Waals surface area contributed by atoms with Crippen LogP contribution in [0.3, 0.4) is 0 Å². The van der Waals surface area contributed by atoms with Crippen molar-refractivity contribution in [3.05, 3.63) is 66.2 Å². The monoisotopic (exact) mass is 445 g/mol. The lowest BCUT2D eigenvalue weighted by atomic mass is 10.2. The van der Waals surface area contributed by atoms with E-state index in [0.29, 0.717) is 5.75 Å². The molecule has 2 atom stereocenters. The number of benzene rings is 2. The Bertz CT molecular complexity index is 681. The molecule has 0 aliphatic rings. The molecule has 2 aromatic rings. The van der Waals surface area contributed by atoms with Gasteiger partial charge in [0.15, 0.2) is 0 Å². The Hall–Kier alpha value is -1.37. The lowest BCUT2D eigenvalue weighted by Gasteiger charge is -2.18. The van der Waals surface area contributed by atoms with Crippen molar-refractivity contribution < 1.29 is 18.6 Å². The Morgan fingerprint density at radius 1 is 1.13 bits per heavy atom. The summed E-state index contributed by atoms with van der Waals surface area (Å²) in [5, 5.41) is -0.515. The van der Waals surface area contributed by atoms with Crippen LogP contribution in [0, 0.1) is 0 Å². The van der Waals surface area contributed by atoms with E-state index in [4.69, 9.17) is 9.26 Å². The standard InChI is InChI=1S/C16H17INO4P/c1-13(16(19)21-12-14-8-4-2-5-9-14)18-23(17,20)22-15-10-6-3-7-11-15/h2-11,13H,12H2,1H3,(H,18,20)/t13-,23?/m0/s1. The molecule has 122 valence electrons. The topological polar surface area (TPSA) is 64.6 Å². The molecule has 1 N–H and O–H groups in total. The van der Waals surface area contributed by atoms with E-state index in [1.807, 2.05) is 36.4 Å². The van der Waals surface area contributed by atoms with Crippen molar-refractivity contribution in [3.63, 3.8) is 0 Å². The van der Waals surface area contributed by atoms with E-state index >= 15 is 0 Å². The Morgan fingerprint density at radius 3 is 2.30 bits per heavy atom. The summed E-state index contributed by atoms with van der Waals surface area (Å²) >= 11 is 1.68. The Kier molecular flexibility index (Phi) is 6.62. The second-order valence-corrected chi connectivity index (χ2v) is 10.0. The van der Waals surface area contributed by atoms with Crippen LogP contribution in [0.1, 0.15) is 12.5 Å². The maximum atomic E-state index is 12.4. The number of para-hydroxylation sites is 1. The smallest absolute Gasteiger partial charge is 0.374 e. The highest BCUT2D eigenvalue weighted by atomic mass is 127. The largest absolute Gasteiger partial charge is 0.460 e. The zero-order chi connectivity index (χ0) is 16.7. The molecule has 0 aliphatic heterocycles. The maximum Gasteiger partial charge on any atom is 0.374 e. The van der Waals surface area contributed by atoms with Gasteiger partial charge in [-0.1, -0.05) is 48.5 Å². The Morgan fingerprint density at radius 2 is 1.70 bits per heavy atom. The molecular formula is C16H17INO4P. The van der Waals surface area contributed by atoms with E-state index in [0.717, 1.165) is 5.56 Å². The van der Waals surface area contributed by atoms with E-state index in [1.54, 1.807) is 53.2 Å². The number of ether oxygens (including phenoxy) is 1. The van der Waals surface area contributed by atoms with Crippen LogP contribution in [-0.2, 0) is 20.7 Å². The molecule has 0 saturated carbocycles. The number of nitrogens with one attached hydrogen (secondary N) is 1. The second-order valence-electron chi connectivity index (χ2n) is 4.83. The van der Waals surface area contributed by atoms with Crippen LogP contribution in [0.15, 0.2) is 60.7 Å². The first-order valence-electron chi connectivity index (χ1n) is 6.99. The van der Waals surface area contributed by atoms with Gasteiger partial charge < -0.3 is 9.26 Å². The quantitative estimate of drug-likeness (QED) is 0.391. The average molecular weight is 445 g/mol. The summed E-state index contributed by atoms with van der Waals surface area (Å²) < 4.78 is 23.0. The molecule has 0 saturated heterocycles. The van der Waals surface area contributed by atoms with E-state index in [-0.39, 0.29) is 6.61 Å². The summed E-state index contributed by atoms with van der Waals surface area (Å²) in [5.41, 5.74) is 0.895. The first kappa shape index (κ1) is 18.0. The van der Waals surface area contributed by atoms with Crippen molar-refractivity contribution in [3.8, 4) is 5.75 Å². The van der Waals surface area contributed by atoms with Crippen molar-refractivity contribution >= 4 is 33.2 Å². The summed E-state index contributed by atoms with van der Waals surface area (Å²) in [5.74, 6) is -0.00927. The first-order chi connectivity index (χ1) is 11.0. The molecule has 2 aromatic carbocycles. The van der Waals surface area contributed by atoms with Gasteiger partial charge in [-0.05, 0) is 24.6 Å². The third-order valence-corrected chi connectivity index (χ3v) is 5.46. The normalized spacial score (nSPS) is 14.5. The van der Waals surface area contributed by atoms with Crippen LogP contribution < -0.4 is 9.61 Å². The van der Waals surface area contributed by atoms with Crippen molar-refractivity contribution in [1.82, 2.24) is 5.09 Å². The summed E-state index contributed by atoms with van der Waals surface area (Å²) in [6, 6.07) is 17.4. The number of carbonyl (C=O) groups is 1. The van der Waals surface area contributed by atoms with Crippen molar-refractivity contribution in [2.24, 2.45) is 0 Å². The summed E-state index contributed by atoms with van der Waals surface area (Å²) in [6.45, 7) is 1.77. The molecule has 0 aromatic heterocycles. The molecule has 0 aliphatic carbocycles. The van der Waals surface area contributed by atoms with Gasteiger partial charge in [0, 0.05) is 0 Å². The lowest BCUT2D eigenvalue weighted by Crippen LogP contribution is -2.33. The van der Waals surface area contributed by atoms with Crippen LogP contribution in [-0.4, -0.2) is 12.0 Å². The molecule has 7 heteroatoms. The molecule has 0 radical (unpaired) electrons. The predicted molar refractivity (Wildman–Crippen MR) is 97.5 cm³/mol. The van der Waals surface area contributed by atoms with Gasteiger partial charge in [0.2, 0.25) is 0 Å². The van der Waals surface area contributed by atoms with Crippen LogP contribution in [0.5, 0.6) is 5.75 Å². The predicted octanol–water partition coefficient (Wildman–Crippen LogP) is 4.33. The van der Waals surface area contributed by atoms with Gasteiger partial charge in [-0.2, -0.15) is 0 Å². The van der Waals surface area contributed by atoms with Crippen molar-refractivity contribution in [2.45, 2.75) is 19.6 Å². The number of esters is 1. The van der Waals surface area contributed by atoms with Gasteiger partial charge in [0.05, 0.1) is 22.0 Å². The molecule has 1 unspecified atom stereocenters. The highest BCUT2D eigenvalue weighted by Crippen LogP contribution is 2.51. The molecule has 2 rings (SSSR count). The third-order valence-electron chi connectivity index (χ3n) is 2.89. The molecule has 0 bridgehead atoms. The molecule has 0 heterocycles. The molecule has 0 fully saturated rings. The number of hydrogen-bond donors (Lipinski definition) is 1. The number of hydrogen-bond acceptors (Lipinski definition) is 4. The van der Waals surface area contributed by atoms with Crippen LogP contribution >= 0.6 is 27.2 Å². The van der Waals surface area contributed by atoms with E-state index in [9.17, 15) is 9.36 Å². The molecule has 5 nitrogen and oxygen atoms in total. The third kappa shape index (κ3) is 6.33. The van der Waals surface area contributed by atoms with E-state index in [2.05, 4.69) is 5.09 Å². The zero-order valence-electron chi connectivity index (χ0n) is 12.5. The van der Waals surface area contributed by atoms with Crippen molar-refractivity contribution in [1.29, 1.82) is 0 Å². The Labute approximate surface area is 148 Å². The van der Waals surface area contributed by atoms with Gasteiger partial charge in [0.25, 0.3) is 0 Å². The SMILES string of the molecule is C[C@H](NP(=O)(I)Oc1ccccc1)C(=O)OCc1ccccc1. The van der Waals surface area contributed by atoms with Gasteiger partial charge in [0.1, 0.15) is 18.4 Å². The Balaban J connectivity index is 1.86. The van der Waals surface area contributed by atoms with E-state index < -0.39 is 17.2 Å². The minimum Gasteiger partial charge on any atom is -0.460 e. The summed E-state index contributed by atoms with van der Waals surface area (Å²) in [6.07, 6.45) is 0. The van der Waals surface area contributed by atoms with Crippen molar-refractivity contribution in [2.75, 3.05) is 0 Å². The number of rotatable bonds is 7. The fourth-order valence-electron chi connectivity index (χ4n) is 1.78. The lowest BCUT2D eigenvalue weighted by molar-refractivity contribution is -0.146. The van der Waals surface area contributed by atoms with Gasteiger partial charge in [-0.3, -0.25) is 4.79 Å². The number of halogens is 1. The maximum absolute atomic E-state index is 12.4. The highest BCUT2D eigenvalue weighted by molar-refractivity contribution is 14.2. The van der Waals surface area contributed by atoms with Crippen LogP contribution in [0.2, 0.25) is 0 Å². The minimum atomic E-state index is -3.20. The highest BCUT2D eigenvalue weighted by Gasteiger charge is 2.27. The van der Waals surface area contributed by atoms with Gasteiger partial charge in [-0.15, -0.1) is 0 Å². The molecular weight excluding hydrogens is 428 g/mol. The van der Waals surface area contributed by atoms with Gasteiger partial charge in [-0.25, -0.2) is 9.65 Å². The molecule has 0 spiro atoms. The minimum absolute atomic E-state index is 0.177. The fraction of sp³-hybridized carbons (Fsp3) is 0.188. The van der Waals surface area contributed by atoms with E-state index in [1.165, 1.54) is 0 Å². The molecule has 23 heavy (non-hydrogen) atoms. The van der Waals surface area contributed by atoms with Crippen LogP contribution in [0.25, 0.3) is 0 Å². The fourth-order valence-corrected chi connectivity index (χ4v) is 4.73. The number of carbonyl (C=O) groups excluding carboxylic acids is 1. The summed E-state index contributed by atoms with van der Waals surface area (Å²) in [4.78, 5) is 12.0. The zero-order valence-corrected chi connectivity index (χ0v) is 15.6. The first-order valence-corrected chi connectivity index (χ1v) is 11.4. The van der Waals surface area contributed by atoms with Crippen LogP contribution in [0.4, 0.5) is 0 Å². The summed E-state index contributed by atoms with van der Waals surface area (Å²) in [7, 11) is 0. The second kappa shape index (κ2) is 8.47. The average Bonchev–Trinajstić information content (AvgIpc) is 2.53. The molecule has 0 amide bonds.